The molecule has 0 spiro atoms. The van der Waals surface area contributed by atoms with Crippen molar-refractivity contribution < 1.29 is 18.8 Å². The predicted octanol–water partition coefficient (Wildman–Crippen LogP) is 3.67. The van der Waals surface area contributed by atoms with E-state index in [0.717, 1.165) is 36.9 Å². The second kappa shape index (κ2) is 10.2. The molecule has 1 unspecified atom stereocenters. The van der Waals surface area contributed by atoms with Crippen molar-refractivity contribution in [3.05, 3.63) is 53.5 Å². The SMILES string of the molecule is Cc1ccc(CN(C)C(=O)c2cccc(NC(=O)CC3SC(N4CCCCC4)=NC3=O)c2)o1. The molecule has 0 bridgehead atoms. The summed E-state index contributed by atoms with van der Waals surface area (Å²) in [6.45, 7) is 4.03. The number of carbonyl (C=O) groups is 3. The zero-order valence-corrected chi connectivity index (χ0v) is 19.7. The number of nitrogens with one attached hydrogen (secondary N) is 1. The molecule has 3 heterocycles. The van der Waals surface area contributed by atoms with Crippen LogP contribution in [0.2, 0.25) is 0 Å². The molecular weight excluding hydrogens is 440 g/mol. The van der Waals surface area contributed by atoms with E-state index in [0.29, 0.717) is 23.6 Å². The average molecular weight is 469 g/mol. The highest BCUT2D eigenvalue weighted by atomic mass is 32.2. The first-order valence-corrected chi connectivity index (χ1v) is 12.0. The quantitative estimate of drug-likeness (QED) is 0.695. The van der Waals surface area contributed by atoms with Crippen LogP contribution < -0.4 is 5.32 Å². The molecule has 0 aliphatic carbocycles. The number of carbonyl (C=O) groups excluding carboxylic acids is 3. The molecule has 9 heteroatoms. The third kappa shape index (κ3) is 5.84. The topological polar surface area (TPSA) is 95.2 Å². The summed E-state index contributed by atoms with van der Waals surface area (Å²) in [5.41, 5.74) is 0.973. The number of aliphatic imine (C=N–C) groups is 1. The first-order valence-electron chi connectivity index (χ1n) is 11.1. The molecule has 1 atom stereocenters. The smallest absolute Gasteiger partial charge is 0.262 e. The van der Waals surface area contributed by atoms with Crippen LogP contribution in [-0.2, 0) is 16.1 Å². The van der Waals surface area contributed by atoms with E-state index in [4.69, 9.17) is 4.42 Å². The van der Waals surface area contributed by atoms with Crippen LogP contribution in [0.1, 0.15) is 47.6 Å². The largest absolute Gasteiger partial charge is 0.464 e. The Bertz CT molecular complexity index is 1070. The minimum absolute atomic E-state index is 0.0419. The Hall–Kier alpha value is -3.07. The number of amidine groups is 1. The average Bonchev–Trinajstić information content (AvgIpc) is 3.38. The molecule has 1 N–H and O–H groups in total. The van der Waals surface area contributed by atoms with Gasteiger partial charge in [-0.1, -0.05) is 17.8 Å². The van der Waals surface area contributed by atoms with Crippen LogP contribution in [0, 0.1) is 6.92 Å². The number of aryl methyl sites for hydroxylation is 1. The van der Waals surface area contributed by atoms with Gasteiger partial charge in [0.25, 0.3) is 11.8 Å². The summed E-state index contributed by atoms with van der Waals surface area (Å²) >= 11 is 1.37. The highest BCUT2D eigenvalue weighted by Crippen LogP contribution is 2.29. The number of anilines is 1. The maximum absolute atomic E-state index is 12.8. The zero-order chi connectivity index (χ0) is 23.4. The summed E-state index contributed by atoms with van der Waals surface area (Å²) in [5.74, 6) is 0.788. The lowest BCUT2D eigenvalue weighted by Crippen LogP contribution is -2.33. The van der Waals surface area contributed by atoms with Crippen molar-refractivity contribution in [2.45, 2.75) is 44.4 Å². The number of rotatable bonds is 6. The minimum Gasteiger partial charge on any atom is -0.464 e. The Morgan fingerprint density at radius 1 is 1.21 bits per heavy atom. The Morgan fingerprint density at radius 2 is 2.00 bits per heavy atom. The van der Waals surface area contributed by atoms with Crippen molar-refractivity contribution in [1.29, 1.82) is 0 Å². The van der Waals surface area contributed by atoms with Gasteiger partial charge in [-0.2, -0.15) is 4.99 Å². The van der Waals surface area contributed by atoms with Gasteiger partial charge in [-0.05, 0) is 56.5 Å². The summed E-state index contributed by atoms with van der Waals surface area (Å²) in [6, 6.07) is 10.5. The lowest BCUT2D eigenvalue weighted by molar-refractivity contribution is -0.121. The molecule has 1 fully saturated rings. The lowest BCUT2D eigenvalue weighted by atomic mass is 10.1. The van der Waals surface area contributed by atoms with Crippen molar-refractivity contribution in [1.82, 2.24) is 9.80 Å². The first-order chi connectivity index (χ1) is 15.9. The number of benzene rings is 1. The fourth-order valence-corrected chi connectivity index (χ4v) is 5.05. The van der Waals surface area contributed by atoms with E-state index < -0.39 is 5.25 Å². The summed E-state index contributed by atoms with van der Waals surface area (Å²) in [7, 11) is 1.70. The van der Waals surface area contributed by atoms with Gasteiger partial charge in [0.2, 0.25) is 5.91 Å². The second-order valence-corrected chi connectivity index (χ2v) is 9.56. The van der Waals surface area contributed by atoms with Gasteiger partial charge in [0.1, 0.15) is 16.8 Å². The molecule has 1 aromatic heterocycles. The molecule has 33 heavy (non-hydrogen) atoms. The molecular formula is C24H28N4O4S. The van der Waals surface area contributed by atoms with Crippen molar-refractivity contribution >= 4 is 40.3 Å². The highest BCUT2D eigenvalue weighted by molar-refractivity contribution is 8.15. The van der Waals surface area contributed by atoms with Gasteiger partial charge in [0.15, 0.2) is 5.17 Å². The van der Waals surface area contributed by atoms with Crippen LogP contribution >= 0.6 is 11.8 Å². The van der Waals surface area contributed by atoms with E-state index >= 15 is 0 Å². The van der Waals surface area contributed by atoms with Crippen LogP contribution in [0.3, 0.4) is 0 Å². The molecule has 1 aromatic carbocycles. The number of piperidine rings is 1. The van der Waals surface area contributed by atoms with Crippen molar-refractivity contribution in [2.75, 3.05) is 25.5 Å². The van der Waals surface area contributed by atoms with Gasteiger partial charge in [0, 0.05) is 37.8 Å². The number of thioether (sulfide) groups is 1. The van der Waals surface area contributed by atoms with E-state index in [9.17, 15) is 14.4 Å². The van der Waals surface area contributed by atoms with Crippen molar-refractivity contribution in [3.63, 3.8) is 0 Å². The Morgan fingerprint density at radius 3 is 2.73 bits per heavy atom. The van der Waals surface area contributed by atoms with Crippen molar-refractivity contribution in [3.8, 4) is 0 Å². The van der Waals surface area contributed by atoms with Crippen LogP contribution in [-0.4, -0.2) is 58.1 Å². The molecule has 4 rings (SSSR count). The number of furan rings is 1. The molecule has 2 aromatic rings. The lowest BCUT2D eigenvalue weighted by Gasteiger charge is -2.27. The number of hydrogen-bond donors (Lipinski definition) is 1. The standard InChI is InChI=1S/C24H28N4O4S/c1-16-9-10-19(32-16)15-27(2)23(31)17-7-6-8-18(13-17)25-21(29)14-20-22(30)26-24(33-20)28-11-4-3-5-12-28/h6-10,13,20H,3-5,11-12,14-15H2,1-2H3,(H,25,29). The predicted molar refractivity (Wildman–Crippen MR) is 128 cm³/mol. The third-order valence-corrected chi connectivity index (χ3v) is 6.87. The van der Waals surface area contributed by atoms with Crippen molar-refractivity contribution in [2.24, 2.45) is 4.99 Å². The van der Waals surface area contributed by atoms with E-state index in [1.807, 2.05) is 19.1 Å². The number of amides is 3. The molecule has 0 saturated carbocycles. The third-order valence-electron chi connectivity index (χ3n) is 5.66. The van der Waals surface area contributed by atoms with Gasteiger partial charge < -0.3 is 19.5 Å². The molecule has 2 aliphatic rings. The van der Waals surface area contributed by atoms with Gasteiger partial charge in [0.05, 0.1) is 6.54 Å². The zero-order valence-electron chi connectivity index (χ0n) is 18.9. The number of likely N-dealkylation sites (tertiary alicyclic amines) is 1. The normalized spacial score (nSPS) is 18.2. The summed E-state index contributed by atoms with van der Waals surface area (Å²) in [4.78, 5) is 45.6. The van der Waals surface area contributed by atoms with E-state index in [1.165, 1.54) is 18.2 Å². The van der Waals surface area contributed by atoms with Crippen LogP contribution in [0.15, 0.2) is 45.8 Å². The van der Waals surface area contributed by atoms with Gasteiger partial charge in [-0.3, -0.25) is 14.4 Å². The Balaban J connectivity index is 1.32. The van der Waals surface area contributed by atoms with E-state index in [2.05, 4.69) is 15.2 Å². The van der Waals surface area contributed by atoms with Crippen LogP contribution in [0.5, 0.6) is 0 Å². The van der Waals surface area contributed by atoms with Crippen LogP contribution in [0.4, 0.5) is 5.69 Å². The van der Waals surface area contributed by atoms with E-state index in [1.54, 1.807) is 36.2 Å². The minimum atomic E-state index is -0.505. The molecule has 0 radical (unpaired) electrons. The van der Waals surface area contributed by atoms with E-state index in [-0.39, 0.29) is 24.1 Å². The first kappa shape index (κ1) is 23.1. The highest BCUT2D eigenvalue weighted by Gasteiger charge is 2.33. The monoisotopic (exact) mass is 468 g/mol. The molecule has 1 saturated heterocycles. The molecule has 174 valence electrons. The maximum atomic E-state index is 12.8. The maximum Gasteiger partial charge on any atom is 0.262 e. The molecule has 3 amide bonds. The number of hydrogen-bond acceptors (Lipinski definition) is 6. The molecule has 2 aliphatic heterocycles. The van der Waals surface area contributed by atoms with Gasteiger partial charge in [-0.25, -0.2) is 0 Å². The Kier molecular flexibility index (Phi) is 7.17. The summed E-state index contributed by atoms with van der Waals surface area (Å²) in [5, 5.41) is 3.04. The second-order valence-electron chi connectivity index (χ2n) is 8.39. The molecule has 8 nitrogen and oxygen atoms in total. The fourth-order valence-electron chi connectivity index (χ4n) is 3.94. The summed E-state index contributed by atoms with van der Waals surface area (Å²) < 4.78 is 5.54. The Labute approximate surface area is 197 Å². The number of nitrogens with zero attached hydrogens (tertiary/aromatic N) is 3. The van der Waals surface area contributed by atoms with Gasteiger partial charge >= 0.3 is 0 Å². The fraction of sp³-hybridized carbons (Fsp3) is 0.417. The van der Waals surface area contributed by atoms with Gasteiger partial charge in [-0.15, -0.1) is 0 Å². The summed E-state index contributed by atoms with van der Waals surface area (Å²) in [6.07, 6.45) is 3.45. The van der Waals surface area contributed by atoms with Crippen LogP contribution in [0.25, 0.3) is 0 Å².